The molecule has 0 aliphatic carbocycles. The quantitative estimate of drug-likeness (QED) is 0.744. The monoisotopic (exact) mass is 199 g/mol. The number of likely N-dealkylation sites (N-methyl/N-ethyl adjacent to an activating group) is 1. The molecule has 0 saturated heterocycles. The van der Waals surface area contributed by atoms with Gasteiger partial charge in [0.25, 0.3) is 0 Å². The van der Waals surface area contributed by atoms with Gasteiger partial charge >= 0.3 is 0 Å². The first kappa shape index (κ1) is 12.1. The molecule has 1 aromatic rings. The summed E-state index contributed by atoms with van der Waals surface area (Å²) in [5, 5.41) is 2.93. The van der Waals surface area contributed by atoms with Crippen molar-refractivity contribution in [1.82, 2.24) is 5.32 Å². The zero-order chi connectivity index (χ0) is 8.81. The first-order valence-electron chi connectivity index (χ1n) is 4.03. The molecule has 72 valence electrons. The Balaban J connectivity index is 0.00000144. The van der Waals surface area contributed by atoms with E-state index in [1.165, 1.54) is 5.56 Å². The Labute approximate surface area is 84.8 Å². The van der Waals surface area contributed by atoms with Crippen LogP contribution in [0.2, 0.25) is 0 Å². The average molecular weight is 200 g/mol. The Hall–Kier alpha value is -0.860. The second kappa shape index (κ2) is 6.63. The molecule has 1 atom stereocenters. The largest absolute Gasteiger partial charge is 0.311 e. The fourth-order valence-electron chi connectivity index (χ4n) is 1.09. The third-order valence-electron chi connectivity index (χ3n) is 1.83. The normalized spacial score (nSPS) is 11.5. The zero-order valence-electron chi connectivity index (χ0n) is 7.57. The van der Waals surface area contributed by atoms with Crippen LogP contribution in [0.4, 0.5) is 0 Å². The van der Waals surface area contributed by atoms with E-state index in [9.17, 15) is 4.79 Å². The number of halogens is 1. The lowest BCUT2D eigenvalue weighted by molar-refractivity contribution is -0.109. The summed E-state index contributed by atoms with van der Waals surface area (Å²) in [5.74, 6) is 0. The van der Waals surface area contributed by atoms with E-state index in [0.717, 1.165) is 12.7 Å². The molecular formula is C10H14ClNO. The van der Waals surface area contributed by atoms with E-state index in [0.29, 0.717) is 0 Å². The van der Waals surface area contributed by atoms with Crippen LogP contribution in [0.3, 0.4) is 0 Å². The lowest BCUT2D eigenvalue weighted by Crippen LogP contribution is -2.28. The van der Waals surface area contributed by atoms with Crippen LogP contribution in [0.15, 0.2) is 30.3 Å². The predicted octanol–water partition coefficient (Wildman–Crippen LogP) is 1.44. The van der Waals surface area contributed by atoms with E-state index in [1.807, 2.05) is 30.3 Å². The van der Waals surface area contributed by atoms with Crippen molar-refractivity contribution in [3.63, 3.8) is 0 Å². The van der Waals surface area contributed by atoms with Gasteiger partial charge in [0.2, 0.25) is 0 Å². The van der Waals surface area contributed by atoms with Gasteiger partial charge in [0.1, 0.15) is 6.29 Å². The number of nitrogens with one attached hydrogen (secondary N) is 1. The molecule has 0 heterocycles. The maximum atomic E-state index is 10.5. The van der Waals surface area contributed by atoms with Crippen molar-refractivity contribution in [2.45, 2.75) is 12.5 Å². The highest BCUT2D eigenvalue weighted by atomic mass is 35.5. The zero-order valence-corrected chi connectivity index (χ0v) is 8.38. The fourth-order valence-corrected chi connectivity index (χ4v) is 1.09. The lowest BCUT2D eigenvalue weighted by Gasteiger charge is -2.07. The maximum absolute atomic E-state index is 10.5. The molecular weight excluding hydrogens is 186 g/mol. The molecule has 3 heteroatoms. The first-order valence-corrected chi connectivity index (χ1v) is 4.03. The summed E-state index contributed by atoms with van der Waals surface area (Å²) in [5.41, 5.74) is 1.18. The Morgan fingerprint density at radius 1 is 1.38 bits per heavy atom. The molecule has 1 aromatic carbocycles. The van der Waals surface area contributed by atoms with Crippen molar-refractivity contribution in [2.24, 2.45) is 0 Å². The summed E-state index contributed by atoms with van der Waals surface area (Å²) in [6, 6.07) is 9.91. The van der Waals surface area contributed by atoms with E-state index >= 15 is 0 Å². The Morgan fingerprint density at radius 2 is 2.00 bits per heavy atom. The van der Waals surface area contributed by atoms with Gasteiger partial charge in [-0.15, -0.1) is 12.4 Å². The number of hydrogen-bond acceptors (Lipinski definition) is 2. The molecule has 0 bridgehead atoms. The maximum Gasteiger partial charge on any atom is 0.137 e. The van der Waals surface area contributed by atoms with Crippen molar-refractivity contribution in [3.8, 4) is 0 Å². The molecule has 1 N–H and O–H groups in total. The summed E-state index contributed by atoms with van der Waals surface area (Å²) in [4.78, 5) is 10.5. The smallest absolute Gasteiger partial charge is 0.137 e. The van der Waals surface area contributed by atoms with Crippen LogP contribution in [0.5, 0.6) is 0 Å². The standard InChI is InChI=1S/C10H13NO.ClH/c1-11-10(8-12)7-9-5-3-2-4-6-9;/h2-6,8,10-11H,7H2,1H3;1H. The van der Waals surface area contributed by atoms with Crippen LogP contribution in [0, 0.1) is 0 Å². The van der Waals surface area contributed by atoms with Gasteiger partial charge in [0.05, 0.1) is 6.04 Å². The highest BCUT2D eigenvalue weighted by Crippen LogP contribution is 2.01. The SMILES string of the molecule is CNC(C=O)Cc1ccccc1.Cl. The van der Waals surface area contributed by atoms with E-state index in [1.54, 1.807) is 7.05 Å². The second-order valence-electron chi connectivity index (χ2n) is 2.72. The minimum Gasteiger partial charge on any atom is -0.311 e. The molecule has 0 radical (unpaired) electrons. The molecule has 1 rings (SSSR count). The molecule has 0 spiro atoms. The van der Waals surface area contributed by atoms with Crippen molar-refractivity contribution in [3.05, 3.63) is 35.9 Å². The molecule has 0 fully saturated rings. The second-order valence-corrected chi connectivity index (χ2v) is 2.72. The Bertz CT molecular complexity index is 238. The van der Waals surface area contributed by atoms with Gasteiger partial charge in [0.15, 0.2) is 0 Å². The Kier molecular flexibility index (Phi) is 6.20. The van der Waals surface area contributed by atoms with Crippen LogP contribution in [0.25, 0.3) is 0 Å². The highest BCUT2D eigenvalue weighted by molar-refractivity contribution is 5.85. The van der Waals surface area contributed by atoms with Gasteiger partial charge in [-0.3, -0.25) is 0 Å². The minimum atomic E-state index is -0.0626. The number of hydrogen-bond donors (Lipinski definition) is 1. The lowest BCUT2D eigenvalue weighted by atomic mass is 10.1. The van der Waals surface area contributed by atoms with Gasteiger partial charge in [-0.05, 0) is 19.0 Å². The summed E-state index contributed by atoms with van der Waals surface area (Å²) in [7, 11) is 1.79. The fraction of sp³-hybridized carbons (Fsp3) is 0.300. The third kappa shape index (κ3) is 4.06. The van der Waals surface area contributed by atoms with Crippen LogP contribution in [-0.2, 0) is 11.2 Å². The first-order chi connectivity index (χ1) is 5.86. The van der Waals surface area contributed by atoms with Crippen LogP contribution in [-0.4, -0.2) is 19.4 Å². The van der Waals surface area contributed by atoms with Crippen molar-refractivity contribution in [2.75, 3.05) is 7.05 Å². The number of rotatable bonds is 4. The molecule has 0 aromatic heterocycles. The number of carbonyl (C=O) groups excluding carboxylic acids is 1. The van der Waals surface area contributed by atoms with E-state index in [-0.39, 0.29) is 18.4 Å². The van der Waals surface area contributed by atoms with Gasteiger partial charge in [-0.1, -0.05) is 30.3 Å². The molecule has 0 saturated carbocycles. The van der Waals surface area contributed by atoms with Crippen LogP contribution < -0.4 is 5.32 Å². The van der Waals surface area contributed by atoms with Crippen molar-refractivity contribution < 1.29 is 4.79 Å². The van der Waals surface area contributed by atoms with Crippen molar-refractivity contribution >= 4 is 18.7 Å². The van der Waals surface area contributed by atoms with E-state index in [4.69, 9.17) is 0 Å². The molecule has 2 nitrogen and oxygen atoms in total. The number of carbonyl (C=O) groups is 1. The summed E-state index contributed by atoms with van der Waals surface area (Å²) in [6.45, 7) is 0. The minimum absolute atomic E-state index is 0. The van der Waals surface area contributed by atoms with Gasteiger partial charge in [-0.2, -0.15) is 0 Å². The molecule has 1 unspecified atom stereocenters. The highest BCUT2D eigenvalue weighted by Gasteiger charge is 2.03. The van der Waals surface area contributed by atoms with Crippen molar-refractivity contribution in [1.29, 1.82) is 0 Å². The number of aldehydes is 1. The molecule has 0 amide bonds. The number of benzene rings is 1. The Morgan fingerprint density at radius 3 is 2.46 bits per heavy atom. The third-order valence-corrected chi connectivity index (χ3v) is 1.83. The summed E-state index contributed by atoms with van der Waals surface area (Å²) < 4.78 is 0. The average Bonchev–Trinajstić information content (AvgIpc) is 2.16. The predicted molar refractivity (Wildman–Crippen MR) is 56.3 cm³/mol. The summed E-state index contributed by atoms with van der Waals surface area (Å²) >= 11 is 0. The topological polar surface area (TPSA) is 29.1 Å². The molecule has 0 aliphatic heterocycles. The summed E-state index contributed by atoms with van der Waals surface area (Å²) in [6.07, 6.45) is 1.70. The molecule has 0 aliphatic rings. The van der Waals surface area contributed by atoms with Crippen LogP contribution in [0.1, 0.15) is 5.56 Å². The molecule has 13 heavy (non-hydrogen) atoms. The van der Waals surface area contributed by atoms with Gasteiger partial charge < -0.3 is 10.1 Å². The van der Waals surface area contributed by atoms with Crippen LogP contribution >= 0.6 is 12.4 Å². The van der Waals surface area contributed by atoms with E-state index in [2.05, 4.69) is 5.32 Å². The van der Waals surface area contributed by atoms with Gasteiger partial charge in [-0.25, -0.2) is 0 Å². The van der Waals surface area contributed by atoms with Gasteiger partial charge in [0, 0.05) is 0 Å². The van der Waals surface area contributed by atoms with E-state index < -0.39 is 0 Å².